The molecule has 1 aliphatic rings. The fourth-order valence-corrected chi connectivity index (χ4v) is 3.97. The third kappa shape index (κ3) is 5.90. The Morgan fingerprint density at radius 2 is 1.71 bits per heavy atom. The van der Waals surface area contributed by atoms with E-state index < -0.39 is 17.8 Å². The Morgan fingerprint density at radius 1 is 1.00 bits per heavy atom. The topological polar surface area (TPSA) is 58.6 Å². The van der Waals surface area contributed by atoms with Crippen molar-refractivity contribution in [2.75, 3.05) is 31.1 Å². The second-order valence-corrected chi connectivity index (χ2v) is 8.43. The van der Waals surface area contributed by atoms with Gasteiger partial charge in [-0.1, -0.05) is 37.3 Å². The highest BCUT2D eigenvalue weighted by Gasteiger charge is 2.31. The van der Waals surface area contributed by atoms with Crippen molar-refractivity contribution in [3.05, 3.63) is 71.8 Å². The van der Waals surface area contributed by atoms with Gasteiger partial charge < -0.3 is 14.5 Å². The number of hydrogen-bond acceptors (Lipinski definition) is 5. The van der Waals surface area contributed by atoms with E-state index in [0.717, 1.165) is 35.6 Å². The van der Waals surface area contributed by atoms with Crippen molar-refractivity contribution in [1.82, 2.24) is 15.1 Å². The number of anilines is 1. The van der Waals surface area contributed by atoms with E-state index in [-0.39, 0.29) is 11.7 Å². The van der Waals surface area contributed by atoms with E-state index in [0.29, 0.717) is 26.2 Å². The van der Waals surface area contributed by atoms with Gasteiger partial charge in [0.05, 0.1) is 11.3 Å². The average Bonchev–Trinajstić information content (AvgIpc) is 2.88. The zero-order chi connectivity index (χ0) is 25.0. The Labute approximate surface area is 202 Å². The molecule has 0 N–H and O–H groups in total. The summed E-state index contributed by atoms with van der Waals surface area (Å²) in [6.45, 7) is 5.71. The standard InChI is InChI=1S/C26H27F3N4O2/c1-3-19-7-9-20(10-8-19)23-11-12-24(31-30-23)32-13-15-33(16-14-32)25(34)18(2)35-22-6-4-5-21(17-22)26(27,28)29/h4-12,17-18H,3,13-16H2,1-2H3. The van der Waals surface area contributed by atoms with E-state index in [2.05, 4.69) is 34.2 Å². The predicted molar refractivity (Wildman–Crippen MR) is 127 cm³/mol. The van der Waals surface area contributed by atoms with Crippen LogP contribution in [-0.2, 0) is 17.4 Å². The Balaban J connectivity index is 1.32. The van der Waals surface area contributed by atoms with Crippen LogP contribution in [0.4, 0.5) is 19.0 Å². The Hall–Kier alpha value is -3.62. The molecule has 2 aromatic carbocycles. The lowest BCUT2D eigenvalue weighted by molar-refractivity contribution is -0.138. The number of piperazine rings is 1. The summed E-state index contributed by atoms with van der Waals surface area (Å²) in [6.07, 6.45) is -4.39. The molecule has 1 aliphatic heterocycles. The van der Waals surface area contributed by atoms with Crippen LogP contribution in [0, 0.1) is 0 Å². The van der Waals surface area contributed by atoms with Crippen LogP contribution in [-0.4, -0.2) is 53.3 Å². The third-order valence-corrected chi connectivity index (χ3v) is 6.05. The van der Waals surface area contributed by atoms with Crippen LogP contribution in [0.25, 0.3) is 11.3 Å². The highest BCUT2D eigenvalue weighted by Crippen LogP contribution is 2.31. The van der Waals surface area contributed by atoms with Crippen LogP contribution in [0.5, 0.6) is 5.75 Å². The molecule has 9 heteroatoms. The second kappa shape index (κ2) is 10.3. The van der Waals surface area contributed by atoms with Crippen molar-refractivity contribution in [2.45, 2.75) is 32.5 Å². The number of benzene rings is 2. The Kier molecular flexibility index (Phi) is 7.23. The summed E-state index contributed by atoms with van der Waals surface area (Å²) >= 11 is 0. The first-order valence-corrected chi connectivity index (χ1v) is 11.6. The van der Waals surface area contributed by atoms with Gasteiger partial charge in [-0.05, 0) is 49.2 Å². The number of amides is 1. The Morgan fingerprint density at radius 3 is 2.31 bits per heavy atom. The molecular weight excluding hydrogens is 457 g/mol. The van der Waals surface area contributed by atoms with Crippen LogP contribution in [0.15, 0.2) is 60.7 Å². The lowest BCUT2D eigenvalue weighted by Gasteiger charge is -2.36. The first kappa shape index (κ1) is 24.5. The van der Waals surface area contributed by atoms with Gasteiger partial charge in [-0.2, -0.15) is 13.2 Å². The monoisotopic (exact) mass is 484 g/mol. The van der Waals surface area contributed by atoms with Crippen LogP contribution >= 0.6 is 0 Å². The summed E-state index contributed by atoms with van der Waals surface area (Å²) in [5, 5.41) is 8.73. The van der Waals surface area contributed by atoms with E-state index in [4.69, 9.17) is 4.74 Å². The van der Waals surface area contributed by atoms with Gasteiger partial charge in [0, 0.05) is 31.7 Å². The molecular formula is C26H27F3N4O2. The molecule has 1 amide bonds. The largest absolute Gasteiger partial charge is 0.481 e. The van der Waals surface area contributed by atoms with Gasteiger partial charge in [0.2, 0.25) is 0 Å². The molecule has 1 atom stereocenters. The fraction of sp³-hybridized carbons (Fsp3) is 0.346. The van der Waals surface area contributed by atoms with E-state index in [1.807, 2.05) is 24.3 Å². The number of halogens is 3. The van der Waals surface area contributed by atoms with E-state index >= 15 is 0 Å². The summed E-state index contributed by atoms with van der Waals surface area (Å²) in [7, 11) is 0. The SMILES string of the molecule is CCc1ccc(-c2ccc(N3CCN(C(=O)C(C)Oc4cccc(C(F)(F)F)c4)CC3)nn2)cc1. The maximum atomic E-state index is 12.9. The summed E-state index contributed by atoms with van der Waals surface area (Å²) in [5.74, 6) is 0.484. The van der Waals surface area contributed by atoms with Crippen molar-refractivity contribution >= 4 is 11.7 Å². The van der Waals surface area contributed by atoms with Crippen molar-refractivity contribution in [1.29, 1.82) is 0 Å². The number of alkyl halides is 3. The minimum atomic E-state index is -4.47. The molecule has 35 heavy (non-hydrogen) atoms. The minimum Gasteiger partial charge on any atom is -0.481 e. The predicted octanol–water partition coefficient (Wildman–Crippen LogP) is 4.84. The number of carbonyl (C=O) groups is 1. The summed E-state index contributed by atoms with van der Waals surface area (Å²) in [6, 6.07) is 16.7. The molecule has 184 valence electrons. The maximum Gasteiger partial charge on any atom is 0.416 e. The molecule has 1 aromatic heterocycles. The lowest BCUT2D eigenvalue weighted by Crippen LogP contribution is -2.52. The molecule has 1 unspecified atom stereocenters. The lowest BCUT2D eigenvalue weighted by atomic mass is 10.1. The third-order valence-electron chi connectivity index (χ3n) is 6.05. The molecule has 6 nitrogen and oxygen atoms in total. The van der Waals surface area contributed by atoms with Gasteiger partial charge in [0.25, 0.3) is 5.91 Å². The summed E-state index contributed by atoms with van der Waals surface area (Å²) in [5.41, 5.74) is 2.26. The van der Waals surface area contributed by atoms with Gasteiger partial charge >= 0.3 is 6.18 Å². The van der Waals surface area contributed by atoms with Gasteiger partial charge in [-0.3, -0.25) is 4.79 Å². The highest BCUT2D eigenvalue weighted by molar-refractivity contribution is 5.81. The molecule has 0 spiro atoms. The molecule has 4 rings (SSSR count). The number of carbonyl (C=O) groups excluding carboxylic acids is 1. The number of nitrogens with zero attached hydrogens (tertiary/aromatic N) is 4. The second-order valence-electron chi connectivity index (χ2n) is 8.43. The van der Waals surface area contributed by atoms with E-state index in [1.54, 1.807) is 11.8 Å². The van der Waals surface area contributed by atoms with Crippen LogP contribution in [0.3, 0.4) is 0 Å². The Bertz CT molecular complexity index is 1140. The smallest absolute Gasteiger partial charge is 0.416 e. The minimum absolute atomic E-state index is 0.0130. The van der Waals surface area contributed by atoms with Crippen molar-refractivity contribution in [3.8, 4) is 17.0 Å². The molecule has 0 radical (unpaired) electrons. The average molecular weight is 485 g/mol. The van der Waals surface area contributed by atoms with Gasteiger partial charge in [-0.15, -0.1) is 10.2 Å². The van der Waals surface area contributed by atoms with Crippen molar-refractivity contribution in [2.24, 2.45) is 0 Å². The number of ether oxygens (including phenoxy) is 1. The molecule has 0 bridgehead atoms. The molecule has 0 saturated carbocycles. The zero-order valence-electron chi connectivity index (χ0n) is 19.6. The first-order valence-electron chi connectivity index (χ1n) is 11.6. The number of rotatable bonds is 6. The molecule has 1 saturated heterocycles. The number of aryl methyl sites for hydroxylation is 1. The van der Waals surface area contributed by atoms with Crippen LogP contribution in [0.2, 0.25) is 0 Å². The molecule has 0 aliphatic carbocycles. The summed E-state index contributed by atoms with van der Waals surface area (Å²) in [4.78, 5) is 16.5. The van der Waals surface area contributed by atoms with E-state index in [1.165, 1.54) is 17.7 Å². The van der Waals surface area contributed by atoms with Crippen molar-refractivity contribution < 1.29 is 22.7 Å². The highest BCUT2D eigenvalue weighted by atomic mass is 19.4. The fourth-order valence-electron chi connectivity index (χ4n) is 3.97. The quantitative estimate of drug-likeness (QED) is 0.501. The summed E-state index contributed by atoms with van der Waals surface area (Å²) < 4.78 is 44.3. The van der Waals surface area contributed by atoms with Crippen LogP contribution < -0.4 is 9.64 Å². The normalized spacial score (nSPS) is 15.1. The van der Waals surface area contributed by atoms with Crippen LogP contribution in [0.1, 0.15) is 25.0 Å². The molecule has 2 heterocycles. The number of aromatic nitrogens is 2. The van der Waals surface area contributed by atoms with Gasteiger partial charge in [-0.25, -0.2) is 0 Å². The molecule has 1 fully saturated rings. The number of hydrogen-bond donors (Lipinski definition) is 0. The zero-order valence-corrected chi connectivity index (χ0v) is 19.6. The van der Waals surface area contributed by atoms with Gasteiger partial charge in [0.1, 0.15) is 5.75 Å². The van der Waals surface area contributed by atoms with E-state index in [9.17, 15) is 18.0 Å². The van der Waals surface area contributed by atoms with Crippen molar-refractivity contribution in [3.63, 3.8) is 0 Å². The maximum absolute atomic E-state index is 12.9. The van der Waals surface area contributed by atoms with Gasteiger partial charge in [0.15, 0.2) is 11.9 Å². The molecule has 3 aromatic rings. The first-order chi connectivity index (χ1) is 16.7.